The van der Waals surface area contributed by atoms with E-state index in [0.717, 1.165) is 11.8 Å². The Hall–Kier alpha value is -2.12. The molecule has 2 aliphatic rings. The molecular weight excluding hydrogens is 440 g/mol. The van der Waals surface area contributed by atoms with Crippen LogP contribution in [0.4, 0.5) is 0 Å². The first-order chi connectivity index (χ1) is 14.3. The summed E-state index contributed by atoms with van der Waals surface area (Å²) in [5.41, 5.74) is -0.293. The minimum atomic E-state index is -0.369. The summed E-state index contributed by atoms with van der Waals surface area (Å²) in [4.78, 5) is 49.6. The van der Waals surface area contributed by atoms with Crippen molar-refractivity contribution >= 4 is 0 Å². The second-order valence-corrected chi connectivity index (χ2v) is 6.98. The van der Waals surface area contributed by atoms with Crippen LogP contribution < -0.4 is 22.5 Å². The van der Waals surface area contributed by atoms with Crippen molar-refractivity contribution in [1.29, 1.82) is 0 Å². The molecule has 160 valence electrons. The van der Waals surface area contributed by atoms with Gasteiger partial charge in [0.2, 0.25) is 0 Å². The summed E-state index contributed by atoms with van der Waals surface area (Å²) in [5, 5.41) is 0. The Bertz CT molecular complexity index is 999. The van der Waals surface area contributed by atoms with Crippen LogP contribution in [-0.2, 0) is 30.2 Å². The van der Waals surface area contributed by atoms with Crippen LogP contribution in [0, 0.1) is 77.0 Å². The van der Waals surface area contributed by atoms with E-state index in [2.05, 4.69) is 9.97 Å². The van der Waals surface area contributed by atoms with Crippen molar-refractivity contribution in [2.75, 3.05) is 0 Å². The van der Waals surface area contributed by atoms with Gasteiger partial charge in [0.05, 0.1) is 0 Å². The SMILES string of the molecule is Cc1cn(C[C]2[CH][CH][CH][CH]2)c(=O)[nH]c1=O.Cc1cn(C[C]2[CH][CH][CH][CH]2)c(=O)[nH]c1=O.[Fe+2]. The second kappa shape index (κ2) is 11.5. The van der Waals surface area contributed by atoms with E-state index in [9.17, 15) is 19.2 Å². The minimum absolute atomic E-state index is 0. The van der Waals surface area contributed by atoms with Crippen molar-refractivity contribution in [3.63, 3.8) is 0 Å². The second-order valence-electron chi connectivity index (χ2n) is 6.98. The summed E-state index contributed by atoms with van der Waals surface area (Å²) < 4.78 is 2.98. The average Bonchev–Trinajstić information content (AvgIpc) is 3.39. The van der Waals surface area contributed by atoms with Gasteiger partial charge in [-0.2, -0.15) is 0 Å². The van der Waals surface area contributed by atoms with Crippen LogP contribution in [0.1, 0.15) is 11.1 Å². The fraction of sp³-hybridized carbons (Fsp3) is 0.182. The van der Waals surface area contributed by atoms with Gasteiger partial charge in [-0.25, -0.2) is 9.59 Å². The molecule has 2 N–H and O–H groups in total. The molecular formula is C22H22FeN4O4+2. The molecule has 10 radical (unpaired) electrons. The first-order valence-electron chi connectivity index (χ1n) is 9.35. The molecule has 0 aromatic carbocycles. The zero-order chi connectivity index (χ0) is 21.7. The van der Waals surface area contributed by atoms with Gasteiger partial charge in [-0.3, -0.25) is 28.7 Å². The van der Waals surface area contributed by atoms with E-state index in [4.69, 9.17) is 0 Å². The van der Waals surface area contributed by atoms with Gasteiger partial charge in [0, 0.05) is 48.4 Å². The van der Waals surface area contributed by atoms with E-state index in [1.807, 2.05) is 51.4 Å². The molecule has 31 heavy (non-hydrogen) atoms. The Kier molecular flexibility index (Phi) is 9.31. The molecule has 0 aliphatic heterocycles. The number of nitrogens with one attached hydrogen (secondary N) is 2. The van der Waals surface area contributed by atoms with E-state index in [0.29, 0.717) is 24.2 Å². The largest absolute Gasteiger partial charge is 2.00 e. The van der Waals surface area contributed by atoms with Gasteiger partial charge in [0.1, 0.15) is 0 Å². The summed E-state index contributed by atoms with van der Waals surface area (Å²) in [7, 11) is 0. The van der Waals surface area contributed by atoms with Crippen LogP contribution in [0.15, 0.2) is 31.6 Å². The van der Waals surface area contributed by atoms with Crippen LogP contribution in [0.25, 0.3) is 0 Å². The summed E-state index contributed by atoms with van der Waals surface area (Å²) in [6.07, 6.45) is 18.6. The number of hydrogen-bond donors (Lipinski definition) is 2. The molecule has 2 saturated carbocycles. The Balaban J connectivity index is 0.000000213. The molecule has 0 bridgehead atoms. The number of aromatic amines is 2. The maximum absolute atomic E-state index is 11.4. The van der Waals surface area contributed by atoms with Crippen LogP contribution in [0.5, 0.6) is 0 Å². The standard InChI is InChI=1S/2C11H11N2O2.Fe/c2*1-8-6-13(11(15)12-10(8)14)7-9-4-2-3-5-9;/h2*2-6H,7H2,1H3,(H,12,14,15);/q;;+2. The predicted molar refractivity (Wildman–Crippen MR) is 113 cm³/mol. The van der Waals surface area contributed by atoms with Crippen molar-refractivity contribution in [2.24, 2.45) is 0 Å². The van der Waals surface area contributed by atoms with Gasteiger partial charge in [0.15, 0.2) is 0 Å². The van der Waals surface area contributed by atoms with Crippen molar-refractivity contribution in [3.8, 4) is 0 Å². The third-order valence-corrected chi connectivity index (χ3v) is 4.55. The molecule has 2 aromatic rings. The molecule has 2 aliphatic carbocycles. The molecule has 0 atom stereocenters. The summed E-state index contributed by atoms with van der Waals surface area (Å²) >= 11 is 0. The maximum atomic E-state index is 11.4. The molecule has 0 spiro atoms. The normalized spacial score (nSPS) is 16.6. The molecule has 2 aromatic heterocycles. The van der Waals surface area contributed by atoms with Crippen LogP contribution in [0.2, 0.25) is 0 Å². The van der Waals surface area contributed by atoms with E-state index >= 15 is 0 Å². The smallest absolute Gasteiger partial charge is 0.300 e. The summed E-state index contributed by atoms with van der Waals surface area (Å²) in [6.45, 7) is 4.34. The van der Waals surface area contributed by atoms with Crippen LogP contribution in [0.3, 0.4) is 0 Å². The molecule has 2 heterocycles. The van der Waals surface area contributed by atoms with Gasteiger partial charge in [-0.1, -0.05) is 0 Å². The van der Waals surface area contributed by atoms with E-state index in [-0.39, 0.29) is 39.6 Å². The van der Waals surface area contributed by atoms with E-state index in [1.54, 1.807) is 26.2 Å². The molecule has 0 amide bonds. The first kappa shape index (κ1) is 25.1. The zero-order valence-corrected chi connectivity index (χ0v) is 18.2. The average molecular weight is 462 g/mol. The number of nitrogens with zero attached hydrogens (tertiary/aromatic N) is 2. The van der Waals surface area contributed by atoms with Gasteiger partial charge < -0.3 is 0 Å². The number of aromatic nitrogens is 4. The molecule has 9 heteroatoms. The maximum Gasteiger partial charge on any atom is 2.00 e. The quantitative estimate of drug-likeness (QED) is 0.645. The number of rotatable bonds is 4. The van der Waals surface area contributed by atoms with Crippen LogP contribution in [-0.4, -0.2) is 19.1 Å². The van der Waals surface area contributed by atoms with Gasteiger partial charge in [0.25, 0.3) is 11.1 Å². The number of hydrogen-bond acceptors (Lipinski definition) is 4. The monoisotopic (exact) mass is 462 g/mol. The van der Waals surface area contributed by atoms with Crippen LogP contribution >= 0.6 is 0 Å². The van der Waals surface area contributed by atoms with Crippen molar-refractivity contribution in [2.45, 2.75) is 26.9 Å². The van der Waals surface area contributed by atoms with E-state index < -0.39 is 0 Å². The zero-order valence-electron chi connectivity index (χ0n) is 17.1. The summed E-state index contributed by atoms with van der Waals surface area (Å²) in [5.74, 6) is 2.09. The Morgan fingerprint density at radius 3 is 1.29 bits per heavy atom. The molecule has 4 rings (SSSR count). The third-order valence-electron chi connectivity index (χ3n) is 4.55. The fourth-order valence-corrected chi connectivity index (χ4v) is 2.90. The summed E-state index contributed by atoms with van der Waals surface area (Å²) in [6, 6.07) is 0. The van der Waals surface area contributed by atoms with E-state index in [1.165, 1.54) is 9.13 Å². The Labute approximate surface area is 191 Å². The molecule has 8 nitrogen and oxygen atoms in total. The molecule has 0 unspecified atom stereocenters. The number of H-pyrrole nitrogens is 2. The topological polar surface area (TPSA) is 110 Å². The Morgan fingerprint density at radius 2 is 0.968 bits per heavy atom. The molecule has 0 saturated heterocycles. The predicted octanol–water partition coefficient (Wildman–Crippen LogP) is 0.498. The first-order valence-corrected chi connectivity index (χ1v) is 9.35. The van der Waals surface area contributed by atoms with Crippen molar-refractivity contribution < 1.29 is 17.1 Å². The van der Waals surface area contributed by atoms with Crippen molar-refractivity contribution in [3.05, 3.63) is 128 Å². The third kappa shape index (κ3) is 6.94. The molecule has 2 fully saturated rings. The Morgan fingerprint density at radius 1 is 0.645 bits per heavy atom. The van der Waals surface area contributed by atoms with Crippen molar-refractivity contribution in [1.82, 2.24) is 19.1 Å². The number of aryl methyl sites for hydroxylation is 2. The van der Waals surface area contributed by atoms with Gasteiger partial charge in [-0.15, -0.1) is 0 Å². The minimum Gasteiger partial charge on any atom is -0.300 e. The van der Waals surface area contributed by atoms with Gasteiger partial charge >= 0.3 is 28.4 Å². The van der Waals surface area contributed by atoms with Gasteiger partial charge in [-0.05, 0) is 65.2 Å². The fourth-order valence-electron chi connectivity index (χ4n) is 2.90.